The zero-order valence-electron chi connectivity index (χ0n) is 11.0. The minimum atomic E-state index is -0.374. The van der Waals surface area contributed by atoms with Gasteiger partial charge in [0, 0.05) is 17.2 Å². The number of benzene rings is 1. The molecule has 2 aromatic rings. The van der Waals surface area contributed by atoms with Crippen LogP contribution < -0.4 is 5.32 Å². The van der Waals surface area contributed by atoms with Gasteiger partial charge in [-0.25, -0.2) is 0 Å². The van der Waals surface area contributed by atoms with Gasteiger partial charge >= 0.3 is 0 Å². The van der Waals surface area contributed by atoms with E-state index in [0.29, 0.717) is 17.9 Å². The third-order valence-electron chi connectivity index (χ3n) is 2.98. The van der Waals surface area contributed by atoms with E-state index in [1.165, 1.54) is 6.07 Å². The molecule has 0 amide bonds. The third-order valence-corrected chi connectivity index (χ3v) is 2.98. The van der Waals surface area contributed by atoms with Crippen molar-refractivity contribution >= 4 is 5.69 Å². The molecule has 5 heteroatoms. The van der Waals surface area contributed by atoms with Crippen molar-refractivity contribution in [2.75, 3.05) is 6.54 Å². The second-order valence-electron chi connectivity index (χ2n) is 4.25. The molecule has 0 unspecified atom stereocenters. The van der Waals surface area contributed by atoms with Crippen molar-refractivity contribution in [1.29, 1.82) is 0 Å². The highest BCUT2D eigenvalue weighted by molar-refractivity contribution is 5.67. The molecular formula is C14H16N2O3. The van der Waals surface area contributed by atoms with Crippen molar-refractivity contribution in [1.82, 2.24) is 5.32 Å². The lowest BCUT2D eigenvalue weighted by molar-refractivity contribution is -0.385. The number of rotatable bonds is 5. The van der Waals surface area contributed by atoms with Gasteiger partial charge in [0.2, 0.25) is 0 Å². The minimum Gasteiger partial charge on any atom is -0.460 e. The predicted octanol–water partition coefficient (Wildman–Crippen LogP) is 3.27. The first-order chi connectivity index (χ1) is 9.13. The van der Waals surface area contributed by atoms with Gasteiger partial charge in [-0.05, 0) is 25.6 Å². The molecule has 0 bridgehead atoms. The lowest BCUT2D eigenvalue weighted by atomic mass is 10.1. The van der Waals surface area contributed by atoms with Crippen LogP contribution in [0.2, 0.25) is 0 Å². The summed E-state index contributed by atoms with van der Waals surface area (Å²) in [6.45, 7) is 5.28. The van der Waals surface area contributed by atoms with Gasteiger partial charge in [-0.15, -0.1) is 0 Å². The maximum absolute atomic E-state index is 10.9. The number of furan rings is 1. The summed E-state index contributed by atoms with van der Waals surface area (Å²) in [5.74, 6) is 1.48. The van der Waals surface area contributed by atoms with Crippen molar-refractivity contribution in [3.8, 4) is 11.3 Å². The molecule has 0 saturated carbocycles. The molecule has 0 aliphatic carbocycles. The van der Waals surface area contributed by atoms with Crippen LogP contribution in [0.3, 0.4) is 0 Å². The molecule has 0 fully saturated rings. The summed E-state index contributed by atoms with van der Waals surface area (Å²) in [4.78, 5) is 10.5. The second-order valence-corrected chi connectivity index (χ2v) is 4.25. The molecule has 0 spiro atoms. The summed E-state index contributed by atoms with van der Waals surface area (Å²) in [6, 6.07) is 8.74. The molecule has 0 aliphatic heterocycles. The Morgan fingerprint density at radius 3 is 2.79 bits per heavy atom. The third kappa shape index (κ3) is 2.82. The summed E-state index contributed by atoms with van der Waals surface area (Å²) in [5.41, 5.74) is 1.50. The monoisotopic (exact) mass is 260 g/mol. The first kappa shape index (κ1) is 13.3. The Morgan fingerprint density at radius 2 is 2.11 bits per heavy atom. The molecule has 0 atom stereocenters. The highest BCUT2D eigenvalue weighted by atomic mass is 16.6. The highest BCUT2D eigenvalue weighted by Gasteiger charge is 2.16. The molecule has 0 radical (unpaired) electrons. The number of nitro groups is 1. The maximum atomic E-state index is 10.9. The number of hydrogen-bond acceptors (Lipinski definition) is 4. The lowest BCUT2D eigenvalue weighted by Crippen LogP contribution is -2.10. The van der Waals surface area contributed by atoms with Gasteiger partial charge in [0.1, 0.15) is 11.5 Å². The molecule has 0 aliphatic rings. The molecule has 19 heavy (non-hydrogen) atoms. The minimum absolute atomic E-state index is 0.113. The Kier molecular flexibility index (Phi) is 3.97. The van der Waals surface area contributed by atoms with E-state index < -0.39 is 0 Å². The average Bonchev–Trinajstić information content (AvgIpc) is 2.84. The summed E-state index contributed by atoms with van der Waals surface area (Å²) >= 11 is 0. The zero-order valence-corrected chi connectivity index (χ0v) is 11.0. The standard InChI is InChI=1S/C14H16N2O3/c1-3-15-9-11-7-8-14(19-11)12-5-4-6-13(10(12)2)16(17)18/h4-8,15H,3,9H2,1-2H3. The first-order valence-corrected chi connectivity index (χ1v) is 6.17. The van der Waals surface area contributed by atoms with E-state index in [2.05, 4.69) is 5.32 Å². The topological polar surface area (TPSA) is 68.3 Å². The number of nitrogens with one attached hydrogen (secondary N) is 1. The van der Waals surface area contributed by atoms with Crippen LogP contribution in [0.1, 0.15) is 18.2 Å². The van der Waals surface area contributed by atoms with Crippen LogP contribution >= 0.6 is 0 Å². The molecule has 1 aromatic heterocycles. The number of hydrogen-bond donors (Lipinski definition) is 1. The van der Waals surface area contributed by atoms with Crippen molar-refractivity contribution in [2.24, 2.45) is 0 Å². The van der Waals surface area contributed by atoms with Crippen molar-refractivity contribution in [3.63, 3.8) is 0 Å². The van der Waals surface area contributed by atoms with E-state index >= 15 is 0 Å². The van der Waals surface area contributed by atoms with Gasteiger partial charge in [0.05, 0.1) is 11.5 Å². The Labute approximate surface area is 111 Å². The quantitative estimate of drug-likeness (QED) is 0.661. The van der Waals surface area contributed by atoms with E-state index in [0.717, 1.165) is 17.9 Å². The Balaban J connectivity index is 2.34. The SMILES string of the molecule is CCNCc1ccc(-c2cccc([N+](=O)[O-])c2C)o1. The van der Waals surface area contributed by atoms with E-state index in [4.69, 9.17) is 4.42 Å². The van der Waals surface area contributed by atoms with Crippen LogP contribution in [0.5, 0.6) is 0 Å². The van der Waals surface area contributed by atoms with Crippen LogP contribution in [0.4, 0.5) is 5.69 Å². The number of nitro benzene ring substituents is 1. The summed E-state index contributed by atoms with van der Waals surface area (Å²) < 4.78 is 5.70. The second kappa shape index (κ2) is 5.67. The van der Waals surface area contributed by atoms with Gasteiger partial charge in [-0.1, -0.05) is 19.1 Å². The van der Waals surface area contributed by atoms with Gasteiger partial charge in [0.25, 0.3) is 5.69 Å². The van der Waals surface area contributed by atoms with Gasteiger partial charge in [-0.2, -0.15) is 0 Å². The molecule has 2 rings (SSSR count). The van der Waals surface area contributed by atoms with Crippen LogP contribution in [0, 0.1) is 17.0 Å². The Bertz CT molecular complexity index is 590. The van der Waals surface area contributed by atoms with E-state index in [1.807, 2.05) is 25.1 Å². The Hall–Kier alpha value is -2.14. The van der Waals surface area contributed by atoms with Gasteiger partial charge in [-0.3, -0.25) is 10.1 Å². The molecule has 1 heterocycles. The van der Waals surface area contributed by atoms with E-state index in [9.17, 15) is 10.1 Å². The predicted molar refractivity (Wildman–Crippen MR) is 72.9 cm³/mol. The Morgan fingerprint density at radius 1 is 1.32 bits per heavy atom. The smallest absolute Gasteiger partial charge is 0.273 e. The molecule has 5 nitrogen and oxygen atoms in total. The summed E-state index contributed by atoms with van der Waals surface area (Å²) in [6.07, 6.45) is 0. The van der Waals surface area contributed by atoms with Crippen LogP contribution in [-0.2, 0) is 6.54 Å². The normalized spacial score (nSPS) is 10.6. The zero-order chi connectivity index (χ0) is 13.8. The molecule has 0 saturated heterocycles. The highest BCUT2D eigenvalue weighted by Crippen LogP contribution is 2.30. The molecular weight excluding hydrogens is 244 g/mol. The average molecular weight is 260 g/mol. The maximum Gasteiger partial charge on any atom is 0.273 e. The molecule has 1 N–H and O–H groups in total. The van der Waals surface area contributed by atoms with Gasteiger partial charge in [0.15, 0.2) is 0 Å². The lowest BCUT2D eigenvalue weighted by Gasteiger charge is -2.03. The fourth-order valence-corrected chi connectivity index (χ4v) is 1.95. The van der Waals surface area contributed by atoms with Crippen LogP contribution in [0.15, 0.2) is 34.7 Å². The van der Waals surface area contributed by atoms with E-state index in [-0.39, 0.29) is 10.6 Å². The fourth-order valence-electron chi connectivity index (χ4n) is 1.95. The van der Waals surface area contributed by atoms with Crippen molar-refractivity contribution in [2.45, 2.75) is 20.4 Å². The first-order valence-electron chi connectivity index (χ1n) is 6.17. The van der Waals surface area contributed by atoms with Crippen LogP contribution in [0.25, 0.3) is 11.3 Å². The summed E-state index contributed by atoms with van der Waals surface area (Å²) in [7, 11) is 0. The summed E-state index contributed by atoms with van der Waals surface area (Å²) in [5, 5.41) is 14.1. The largest absolute Gasteiger partial charge is 0.460 e. The molecule has 100 valence electrons. The van der Waals surface area contributed by atoms with Crippen molar-refractivity contribution < 1.29 is 9.34 Å². The van der Waals surface area contributed by atoms with E-state index in [1.54, 1.807) is 13.0 Å². The van der Waals surface area contributed by atoms with Crippen molar-refractivity contribution in [3.05, 3.63) is 51.8 Å². The fraction of sp³-hybridized carbons (Fsp3) is 0.286. The van der Waals surface area contributed by atoms with Crippen LogP contribution in [-0.4, -0.2) is 11.5 Å². The number of nitrogens with zero attached hydrogens (tertiary/aromatic N) is 1. The van der Waals surface area contributed by atoms with Gasteiger partial charge < -0.3 is 9.73 Å². The molecule has 1 aromatic carbocycles.